The number of ketones is 1. The number of carbonyl (C=O) groups is 3. The van der Waals surface area contributed by atoms with Crippen molar-refractivity contribution >= 4 is 23.3 Å². The number of methoxy groups -OCH3 is 3. The first-order valence-corrected chi connectivity index (χ1v) is 9.92. The minimum atomic E-state index is -1.09. The molecule has 1 amide bonds. The number of ether oxygens (including phenoxy) is 3. The van der Waals surface area contributed by atoms with Crippen molar-refractivity contribution in [2.75, 3.05) is 26.6 Å². The number of benzene rings is 2. The highest BCUT2D eigenvalue weighted by molar-refractivity contribution is 6.15. The monoisotopic (exact) mass is 453 g/mol. The molecule has 0 aliphatic carbocycles. The third-order valence-electron chi connectivity index (χ3n) is 4.84. The first-order valence-electron chi connectivity index (χ1n) is 9.92. The first kappa shape index (κ1) is 23.4. The van der Waals surface area contributed by atoms with Crippen molar-refractivity contribution in [1.82, 2.24) is 0 Å². The van der Waals surface area contributed by atoms with Gasteiger partial charge in [0.05, 0.1) is 39.7 Å². The number of furan rings is 1. The van der Waals surface area contributed by atoms with Gasteiger partial charge in [0.15, 0.2) is 17.3 Å². The van der Waals surface area contributed by atoms with Crippen LogP contribution in [0.5, 0.6) is 17.2 Å². The van der Waals surface area contributed by atoms with Gasteiger partial charge in [-0.3, -0.25) is 14.4 Å². The molecule has 1 aromatic heterocycles. The third kappa shape index (κ3) is 5.32. The standard InChI is InChI=1S/C24H23NO8/c1-30-19-12-15(13-20(31-2)24(19)32-3)23(29)16-11-14(18-5-4-10-33-18)6-7-17(16)25-21(26)8-9-22(27)28/h4-7,10-13H,8-9H2,1-3H3,(H,25,26)(H,27,28). The van der Waals surface area contributed by atoms with Crippen LogP contribution in [0.1, 0.15) is 28.8 Å². The minimum absolute atomic E-state index is 0.182. The van der Waals surface area contributed by atoms with E-state index < -0.39 is 17.7 Å². The Kier molecular flexibility index (Phi) is 7.34. The highest BCUT2D eigenvalue weighted by Gasteiger charge is 2.22. The minimum Gasteiger partial charge on any atom is -0.493 e. The molecule has 9 heteroatoms. The molecule has 0 aliphatic rings. The summed E-state index contributed by atoms with van der Waals surface area (Å²) in [6.07, 6.45) is 0.956. The highest BCUT2D eigenvalue weighted by atomic mass is 16.5. The number of carboxylic acids is 1. The SMILES string of the molecule is COc1cc(C(=O)c2cc(-c3ccco3)ccc2NC(=O)CCC(=O)O)cc(OC)c1OC. The molecule has 3 aromatic rings. The van der Waals surface area contributed by atoms with Crippen molar-refractivity contribution in [2.24, 2.45) is 0 Å². The Hall–Kier alpha value is -4.27. The zero-order valence-corrected chi connectivity index (χ0v) is 18.3. The molecule has 172 valence electrons. The average molecular weight is 453 g/mol. The summed E-state index contributed by atoms with van der Waals surface area (Å²) in [5.74, 6) is -0.560. The molecule has 0 aliphatic heterocycles. The van der Waals surface area contributed by atoms with Gasteiger partial charge in [-0.15, -0.1) is 0 Å². The van der Waals surface area contributed by atoms with Gasteiger partial charge in [-0.05, 0) is 42.5 Å². The summed E-state index contributed by atoms with van der Waals surface area (Å²) in [6, 6.07) is 11.3. The van der Waals surface area contributed by atoms with Crippen molar-refractivity contribution in [2.45, 2.75) is 12.8 Å². The molecule has 0 saturated carbocycles. The predicted molar refractivity (Wildman–Crippen MR) is 119 cm³/mol. The van der Waals surface area contributed by atoms with Gasteiger partial charge in [0, 0.05) is 23.1 Å². The predicted octanol–water partition coefficient (Wildman–Crippen LogP) is 4.01. The molecule has 3 rings (SSSR count). The van der Waals surface area contributed by atoms with Crippen molar-refractivity contribution < 1.29 is 38.1 Å². The van der Waals surface area contributed by atoms with Crippen LogP contribution in [0.3, 0.4) is 0 Å². The smallest absolute Gasteiger partial charge is 0.303 e. The lowest BCUT2D eigenvalue weighted by Crippen LogP contribution is -2.16. The number of rotatable bonds is 10. The molecular formula is C24H23NO8. The third-order valence-corrected chi connectivity index (χ3v) is 4.84. The molecule has 0 spiro atoms. The van der Waals surface area contributed by atoms with E-state index in [9.17, 15) is 14.4 Å². The number of nitrogens with one attached hydrogen (secondary N) is 1. The molecule has 9 nitrogen and oxygen atoms in total. The van der Waals surface area contributed by atoms with Gasteiger partial charge in [-0.2, -0.15) is 0 Å². The lowest BCUT2D eigenvalue weighted by atomic mass is 9.97. The van der Waals surface area contributed by atoms with E-state index in [0.717, 1.165) is 0 Å². The fourth-order valence-electron chi connectivity index (χ4n) is 3.24. The molecule has 0 radical (unpaired) electrons. The second kappa shape index (κ2) is 10.4. The number of hydrogen-bond donors (Lipinski definition) is 2. The van der Waals surface area contributed by atoms with Crippen molar-refractivity contribution in [3.8, 4) is 28.6 Å². The van der Waals surface area contributed by atoms with E-state index in [-0.39, 0.29) is 29.7 Å². The number of aliphatic carboxylic acids is 1. The zero-order chi connectivity index (χ0) is 24.0. The highest BCUT2D eigenvalue weighted by Crippen LogP contribution is 2.39. The molecule has 2 N–H and O–H groups in total. The Labute approximate surface area is 189 Å². The van der Waals surface area contributed by atoms with Crippen LogP contribution in [-0.4, -0.2) is 44.1 Å². The van der Waals surface area contributed by atoms with Gasteiger partial charge in [0.25, 0.3) is 0 Å². The van der Waals surface area contributed by atoms with E-state index >= 15 is 0 Å². The number of carbonyl (C=O) groups excluding carboxylic acids is 2. The first-order chi connectivity index (χ1) is 15.9. The van der Waals surface area contributed by atoms with Gasteiger partial charge in [-0.1, -0.05) is 0 Å². The van der Waals surface area contributed by atoms with E-state index in [1.807, 2.05) is 0 Å². The fourth-order valence-corrected chi connectivity index (χ4v) is 3.24. The summed E-state index contributed by atoms with van der Waals surface area (Å²) in [7, 11) is 4.34. The Morgan fingerprint density at radius 1 is 0.939 bits per heavy atom. The van der Waals surface area contributed by atoms with Crippen LogP contribution >= 0.6 is 0 Å². The normalized spacial score (nSPS) is 10.4. The summed E-state index contributed by atoms with van der Waals surface area (Å²) in [4.78, 5) is 36.6. The van der Waals surface area contributed by atoms with E-state index in [4.69, 9.17) is 23.7 Å². The molecule has 1 heterocycles. The number of amides is 1. The largest absolute Gasteiger partial charge is 0.493 e. The number of hydrogen-bond acceptors (Lipinski definition) is 7. The molecule has 0 fully saturated rings. The Morgan fingerprint density at radius 3 is 2.18 bits per heavy atom. The average Bonchev–Trinajstić information content (AvgIpc) is 3.36. The van der Waals surface area contributed by atoms with Crippen LogP contribution < -0.4 is 19.5 Å². The van der Waals surface area contributed by atoms with Crippen LogP contribution in [0.2, 0.25) is 0 Å². The molecule has 33 heavy (non-hydrogen) atoms. The maximum absolute atomic E-state index is 13.5. The van der Waals surface area contributed by atoms with E-state index in [0.29, 0.717) is 28.6 Å². The summed E-state index contributed by atoms with van der Waals surface area (Å²) in [5, 5.41) is 11.5. The Balaban J connectivity index is 2.06. The van der Waals surface area contributed by atoms with Crippen molar-refractivity contribution in [3.63, 3.8) is 0 Å². The van der Waals surface area contributed by atoms with Crippen LogP contribution in [0.25, 0.3) is 11.3 Å². The maximum Gasteiger partial charge on any atom is 0.303 e. The lowest BCUT2D eigenvalue weighted by Gasteiger charge is -2.15. The van der Waals surface area contributed by atoms with E-state index in [2.05, 4.69) is 5.32 Å². The van der Waals surface area contributed by atoms with Crippen LogP contribution in [0, 0.1) is 0 Å². The molecule has 0 unspecified atom stereocenters. The van der Waals surface area contributed by atoms with Gasteiger partial charge < -0.3 is 29.1 Å². The molecule has 0 atom stereocenters. The summed E-state index contributed by atoms with van der Waals surface area (Å²) >= 11 is 0. The summed E-state index contributed by atoms with van der Waals surface area (Å²) < 4.78 is 21.4. The lowest BCUT2D eigenvalue weighted by molar-refractivity contribution is -0.138. The quantitative estimate of drug-likeness (QED) is 0.441. The van der Waals surface area contributed by atoms with Crippen LogP contribution in [0.4, 0.5) is 5.69 Å². The Bertz CT molecular complexity index is 1140. The van der Waals surface area contributed by atoms with Crippen LogP contribution in [-0.2, 0) is 9.59 Å². The fraction of sp³-hybridized carbons (Fsp3) is 0.208. The second-order valence-corrected chi connectivity index (χ2v) is 6.92. The Morgan fingerprint density at radius 2 is 1.64 bits per heavy atom. The summed E-state index contributed by atoms with van der Waals surface area (Å²) in [5.41, 5.74) is 1.28. The topological polar surface area (TPSA) is 124 Å². The zero-order valence-electron chi connectivity index (χ0n) is 18.3. The summed E-state index contributed by atoms with van der Waals surface area (Å²) in [6.45, 7) is 0. The van der Waals surface area contributed by atoms with Gasteiger partial charge in [0.2, 0.25) is 11.7 Å². The second-order valence-electron chi connectivity index (χ2n) is 6.92. The maximum atomic E-state index is 13.5. The molecular weight excluding hydrogens is 430 g/mol. The molecule has 2 aromatic carbocycles. The van der Waals surface area contributed by atoms with E-state index in [1.54, 1.807) is 30.3 Å². The number of anilines is 1. The van der Waals surface area contributed by atoms with Crippen molar-refractivity contribution in [1.29, 1.82) is 0 Å². The van der Waals surface area contributed by atoms with E-state index in [1.165, 1.54) is 39.7 Å². The number of carboxylic acid groups (broad SMARTS) is 1. The van der Waals surface area contributed by atoms with Gasteiger partial charge in [0.1, 0.15) is 5.76 Å². The molecule has 0 saturated heterocycles. The van der Waals surface area contributed by atoms with Gasteiger partial charge in [-0.25, -0.2) is 0 Å². The van der Waals surface area contributed by atoms with Crippen LogP contribution in [0.15, 0.2) is 53.1 Å². The van der Waals surface area contributed by atoms with Gasteiger partial charge >= 0.3 is 5.97 Å². The molecule has 0 bridgehead atoms. The van der Waals surface area contributed by atoms with Crippen molar-refractivity contribution in [3.05, 3.63) is 59.9 Å².